The fraction of sp³-hybridized carbons (Fsp3) is 0.565. The van der Waals surface area contributed by atoms with Crippen molar-refractivity contribution < 1.29 is 9.47 Å². The first-order valence-electron chi connectivity index (χ1n) is 11.2. The lowest BCUT2D eigenvalue weighted by atomic mass is 10.1. The van der Waals surface area contributed by atoms with Crippen LogP contribution in [0.4, 0.5) is 0 Å². The molecule has 2 aliphatic heterocycles. The third kappa shape index (κ3) is 6.04. The van der Waals surface area contributed by atoms with Crippen molar-refractivity contribution >= 4 is 28.2 Å². The lowest BCUT2D eigenvalue weighted by Gasteiger charge is -2.31. The van der Waals surface area contributed by atoms with E-state index in [1.54, 1.807) is 0 Å². The largest absolute Gasteiger partial charge is 0.379 e. The summed E-state index contributed by atoms with van der Waals surface area (Å²) in [5, 5.41) is 5.09. The Morgan fingerprint density at radius 2 is 2.13 bits per heavy atom. The Labute approximate surface area is 188 Å². The molecule has 1 aromatic carbocycles. The number of fused-ring (bicyclic) bond motifs is 1. The Kier molecular flexibility index (Phi) is 7.55. The summed E-state index contributed by atoms with van der Waals surface area (Å²) in [7, 11) is 0. The van der Waals surface area contributed by atoms with E-state index >= 15 is 0 Å². The molecule has 2 fully saturated rings. The minimum atomic E-state index is -0.0605. The van der Waals surface area contributed by atoms with E-state index in [4.69, 9.17) is 21.7 Å². The van der Waals surface area contributed by atoms with Gasteiger partial charge in [0.15, 0.2) is 5.11 Å². The quantitative estimate of drug-likeness (QED) is 0.633. The predicted molar refractivity (Wildman–Crippen MR) is 127 cm³/mol. The van der Waals surface area contributed by atoms with Crippen LogP contribution in [-0.4, -0.2) is 78.5 Å². The van der Waals surface area contributed by atoms with Crippen molar-refractivity contribution in [3.8, 4) is 0 Å². The number of H-pyrrole nitrogens is 1. The summed E-state index contributed by atoms with van der Waals surface area (Å²) in [6.45, 7) is 9.10. The molecular formula is C23H32N4O3S. The van der Waals surface area contributed by atoms with Gasteiger partial charge in [-0.15, -0.1) is 0 Å². The van der Waals surface area contributed by atoms with Crippen molar-refractivity contribution in [2.24, 2.45) is 0 Å². The number of aromatic amines is 1. The van der Waals surface area contributed by atoms with Crippen LogP contribution in [0.1, 0.15) is 24.0 Å². The molecular weight excluding hydrogens is 412 g/mol. The van der Waals surface area contributed by atoms with Crippen LogP contribution >= 0.6 is 12.2 Å². The van der Waals surface area contributed by atoms with Gasteiger partial charge in [0.05, 0.1) is 25.9 Å². The summed E-state index contributed by atoms with van der Waals surface area (Å²) in [5.41, 5.74) is 2.69. The number of nitrogens with one attached hydrogen (secondary N) is 2. The van der Waals surface area contributed by atoms with Crippen molar-refractivity contribution in [3.63, 3.8) is 0 Å². The fourth-order valence-corrected chi connectivity index (χ4v) is 4.39. The third-order valence-corrected chi connectivity index (χ3v) is 6.42. The maximum atomic E-state index is 12.8. The number of thiocarbonyl (C=S) groups is 1. The Morgan fingerprint density at radius 1 is 1.29 bits per heavy atom. The molecule has 0 saturated carbocycles. The SMILES string of the molecule is Cc1ccc2[nH]c(=O)c(CN(CCN3CCOCC3)C(=S)NCC3CCCO3)cc2c1. The van der Waals surface area contributed by atoms with E-state index in [0.717, 1.165) is 75.3 Å². The molecule has 7 nitrogen and oxygen atoms in total. The van der Waals surface area contributed by atoms with Crippen LogP contribution in [0.3, 0.4) is 0 Å². The number of pyridine rings is 1. The molecule has 3 heterocycles. The molecule has 1 aromatic heterocycles. The van der Waals surface area contributed by atoms with E-state index in [0.29, 0.717) is 18.2 Å². The van der Waals surface area contributed by atoms with E-state index in [2.05, 4.69) is 33.1 Å². The normalized spacial score (nSPS) is 19.6. The summed E-state index contributed by atoms with van der Waals surface area (Å²) < 4.78 is 11.2. The molecule has 8 heteroatoms. The van der Waals surface area contributed by atoms with Crippen molar-refractivity contribution in [2.75, 3.05) is 52.5 Å². The van der Waals surface area contributed by atoms with Gasteiger partial charge in [-0.25, -0.2) is 0 Å². The van der Waals surface area contributed by atoms with Crippen LogP contribution in [0.25, 0.3) is 10.9 Å². The molecule has 2 saturated heterocycles. The molecule has 1 atom stereocenters. The first-order chi connectivity index (χ1) is 15.1. The van der Waals surface area contributed by atoms with Gasteiger partial charge >= 0.3 is 0 Å². The maximum Gasteiger partial charge on any atom is 0.253 e. The van der Waals surface area contributed by atoms with E-state index in [-0.39, 0.29) is 11.7 Å². The van der Waals surface area contributed by atoms with Crippen molar-refractivity contribution in [1.82, 2.24) is 20.1 Å². The van der Waals surface area contributed by atoms with Gasteiger partial charge in [-0.1, -0.05) is 11.6 Å². The number of hydrogen-bond donors (Lipinski definition) is 2. The van der Waals surface area contributed by atoms with Crippen molar-refractivity contribution in [3.05, 3.63) is 45.7 Å². The Morgan fingerprint density at radius 3 is 2.90 bits per heavy atom. The van der Waals surface area contributed by atoms with Gasteiger partial charge in [0.1, 0.15) is 0 Å². The lowest BCUT2D eigenvalue weighted by molar-refractivity contribution is 0.0356. The van der Waals surface area contributed by atoms with E-state index in [1.165, 1.54) is 5.56 Å². The zero-order valence-electron chi connectivity index (χ0n) is 18.2. The second-order valence-electron chi connectivity index (χ2n) is 8.41. The van der Waals surface area contributed by atoms with Gasteiger partial charge < -0.3 is 24.7 Å². The highest BCUT2D eigenvalue weighted by Crippen LogP contribution is 2.15. The van der Waals surface area contributed by atoms with Crippen LogP contribution in [0.15, 0.2) is 29.1 Å². The molecule has 2 aliphatic rings. The minimum Gasteiger partial charge on any atom is -0.379 e. The molecule has 2 aromatic rings. The van der Waals surface area contributed by atoms with E-state index in [1.807, 2.05) is 18.2 Å². The van der Waals surface area contributed by atoms with Gasteiger partial charge in [-0.3, -0.25) is 9.69 Å². The first-order valence-corrected chi connectivity index (χ1v) is 11.6. The van der Waals surface area contributed by atoms with Crippen LogP contribution in [0.2, 0.25) is 0 Å². The zero-order chi connectivity index (χ0) is 21.6. The number of benzene rings is 1. The Balaban J connectivity index is 1.48. The monoisotopic (exact) mass is 444 g/mol. The van der Waals surface area contributed by atoms with Gasteiger partial charge in [0.2, 0.25) is 0 Å². The lowest BCUT2D eigenvalue weighted by Crippen LogP contribution is -2.47. The second kappa shape index (κ2) is 10.5. The summed E-state index contributed by atoms with van der Waals surface area (Å²) in [5.74, 6) is 0. The fourth-order valence-electron chi connectivity index (χ4n) is 4.15. The number of morpholine rings is 1. The van der Waals surface area contributed by atoms with E-state index < -0.39 is 0 Å². The van der Waals surface area contributed by atoms with Crippen LogP contribution in [0, 0.1) is 6.92 Å². The number of nitrogens with zero attached hydrogens (tertiary/aromatic N) is 2. The third-order valence-electron chi connectivity index (χ3n) is 6.02. The molecule has 0 spiro atoms. The smallest absolute Gasteiger partial charge is 0.253 e. The van der Waals surface area contributed by atoms with E-state index in [9.17, 15) is 4.79 Å². The molecule has 0 radical (unpaired) electrons. The van der Waals surface area contributed by atoms with Crippen LogP contribution < -0.4 is 10.9 Å². The maximum absolute atomic E-state index is 12.8. The molecule has 1 unspecified atom stereocenters. The highest BCUT2D eigenvalue weighted by molar-refractivity contribution is 7.80. The highest BCUT2D eigenvalue weighted by Gasteiger charge is 2.19. The molecule has 31 heavy (non-hydrogen) atoms. The summed E-state index contributed by atoms with van der Waals surface area (Å²) in [6, 6.07) is 8.06. The van der Waals surface area contributed by atoms with Crippen molar-refractivity contribution in [1.29, 1.82) is 0 Å². The number of hydrogen-bond acceptors (Lipinski definition) is 5. The molecule has 2 N–H and O–H groups in total. The molecule has 0 amide bonds. The Bertz CT molecular complexity index is 951. The highest BCUT2D eigenvalue weighted by atomic mass is 32.1. The van der Waals surface area contributed by atoms with Gasteiger partial charge in [0.25, 0.3) is 5.56 Å². The average molecular weight is 445 g/mol. The zero-order valence-corrected chi connectivity index (χ0v) is 19.0. The first kappa shape index (κ1) is 22.2. The molecule has 4 rings (SSSR count). The minimum absolute atomic E-state index is 0.0605. The number of aromatic nitrogens is 1. The topological polar surface area (TPSA) is 69.8 Å². The van der Waals surface area contributed by atoms with Gasteiger partial charge in [0, 0.05) is 50.4 Å². The van der Waals surface area contributed by atoms with Gasteiger partial charge in [-0.2, -0.15) is 0 Å². The van der Waals surface area contributed by atoms with Gasteiger partial charge in [-0.05, 0) is 55.6 Å². The Hall–Kier alpha value is -2.00. The second-order valence-corrected chi connectivity index (χ2v) is 8.80. The summed E-state index contributed by atoms with van der Waals surface area (Å²) in [6.07, 6.45) is 2.38. The predicted octanol–water partition coefficient (Wildman–Crippen LogP) is 2.02. The number of aryl methyl sites for hydroxylation is 1. The number of ether oxygens (including phenoxy) is 2. The molecule has 0 aliphatic carbocycles. The number of rotatable bonds is 7. The molecule has 0 bridgehead atoms. The molecule has 168 valence electrons. The summed E-state index contributed by atoms with van der Waals surface area (Å²) >= 11 is 5.74. The van der Waals surface area contributed by atoms with Crippen molar-refractivity contribution in [2.45, 2.75) is 32.4 Å². The average Bonchev–Trinajstić information content (AvgIpc) is 3.30. The van der Waals surface area contributed by atoms with Crippen LogP contribution in [-0.2, 0) is 16.0 Å². The van der Waals surface area contributed by atoms with Crippen LogP contribution in [0.5, 0.6) is 0 Å². The standard InChI is InChI=1S/C23H32N4O3S/c1-17-4-5-21-18(13-17)14-19(22(28)25-21)16-27(7-6-26-8-11-29-12-9-26)23(31)24-15-20-3-2-10-30-20/h4-5,13-14,20H,2-3,6-12,15-16H2,1H3,(H,24,31)(H,25,28). The summed E-state index contributed by atoms with van der Waals surface area (Å²) in [4.78, 5) is 20.3.